The zero-order chi connectivity index (χ0) is 13.9. The van der Waals surface area contributed by atoms with Gasteiger partial charge in [0.25, 0.3) is 0 Å². The lowest BCUT2D eigenvalue weighted by Crippen LogP contribution is -2.32. The smallest absolute Gasteiger partial charge is 0.138 e. The minimum atomic E-state index is -0.0982. The van der Waals surface area contributed by atoms with Crippen LogP contribution in [0.4, 0.5) is 11.6 Å². The van der Waals surface area contributed by atoms with Crippen molar-refractivity contribution in [3.63, 3.8) is 0 Å². The third-order valence-corrected chi connectivity index (χ3v) is 2.88. The minimum Gasteiger partial charge on any atom is -0.384 e. The first-order chi connectivity index (χ1) is 8.20. The molecule has 0 aromatic carbocycles. The number of nitrogen functional groups attached to an aromatic ring is 1. The molecule has 1 heterocycles. The van der Waals surface area contributed by atoms with Gasteiger partial charge in [0, 0.05) is 24.1 Å². The molecule has 1 unspecified atom stereocenters. The van der Waals surface area contributed by atoms with E-state index in [0.29, 0.717) is 11.9 Å². The van der Waals surface area contributed by atoms with Crippen molar-refractivity contribution in [3.05, 3.63) is 11.9 Å². The first-order valence-corrected chi connectivity index (χ1v) is 6.25. The van der Waals surface area contributed by atoms with Crippen LogP contribution >= 0.6 is 0 Å². The summed E-state index contributed by atoms with van der Waals surface area (Å²) in [6, 6.07) is 2.21. The summed E-state index contributed by atoms with van der Waals surface area (Å²) >= 11 is 0. The van der Waals surface area contributed by atoms with Crippen molar-refractivity contribution in [3.8, 4) is 0 Å². The predicted octanol–water partition coefficient (Wildman–Crippen LogP) is 1.72. The molecular formula is C13H25N5. The fourth-order valence-electron chi connectivity index (χ4n) is 1.33. The maximum Gasteiger partial charge on any atom is 0.138 e. The number of aromatic nitrogens is 2. The molecule has 0 fully saturated rings. The van der Waals surface area contributed by atoms with Crippen molar-refractivity contribution < 1.29 is 0 Å². The highest BCUT2D eigenvalue weighted by atomic mass is 15.1. The number of nitrogens with one attached hydrogen (secondary N) is 1. The van der Waals surface area contributed by atoms with Crippen LogP contribution in [0.15, 0.2) is 6.07 Å². The Balaban J connectivity index is 2.81. The summed E-state index contributed by atoms with van der Waals surface area (Å²) in [5.74, 6) is 2.07. The molecule has 18 heavy (non-hydrogen) atoms. The molecule has 0 saturated heterocycles. The highest BCUT2D eigenvalue weighted by Crippen LogP contribution is 2.21. The van der Waals surface area contributed by atoms with E-state index in [1.165, 1.54) is 0 Å². The Hall–Kier alpha value is -1.36. The van der Waals surface area contributed by atoms with Gasteiger partial charge in [-0.05, 0) is 21.0 Å². The van der Waals surface area contributed by atoms with Crippen molar-refractivity contribution in [2.45, 2.75) is 39.2 Å². The molecule has 102 valence electrons. The number of rotatable bonds is 4. The van der Waals surface area contributed by atoms with E-state index in [2.05, 4.69) is 62.0 Å². The van der Waals surface area contributed by atoms with Gasteiger partial charge in [-0.15, -0.1) is 0 Å². The molecule has 0 aliphatic carbocycles. The van der Waals surface area contributed by atoms with Crippen LogP contribution in [-0.2, 0) is 5.41 Å². The normalized spacial score (nSPS) is 13.7. The first-order valence-electron chi connectivity index (χ1n) is 6.25. The van der Waals surface area contributed by atoms with Gasteiger partial charge in [0.2, 0.25) is 0 Å². The van der Waals surface area contributed by atoms with Crippen LogP contribution in [0.2, 0.25) is 0 Å². The molecule has 0 aliphatic rings. The summed E-state index contributed by atoms with van der Waals surface area (Å²) in [4.78, 5) is 11.0. The average Bonchev–Trinajstić information content (AvgIpc) is 2.23. The van der Waals surface area contributed by atoms with Crippen molar-refractivity contribution >= 4 is 11.6 Å². The molecule has 1 aromatic rings. The zero-order valence-corrected chi connectivity index (χ0v) is 12.3. The second kappa shape index (κ2) is 5.52. The second-order valence-electron chi connectivity index (χ2n) is 5.95. The third kappa shape index (κ3) is 4.14. The molecule has 1 aromatic heterocycles. The van der Waals surface area contributed by atoms with E-state index in [1.54, 1.807) is 6.07 Å². The number of nitrogens with two attached hydrogens (primary N) is 1. The van der Waals surface area contributed by atoms with Gasteiger partial charge >= 0.3 is 0 Å². The SMILES string of the molecule is CC(CNc1cc(N)nc(C(C)(C)C)n1)N(C)C. The van der Waals surface area contributed by atoms with Gasteiger partial charge in [-0.1, -0.05) is 20.8 Å². The zero-order valence-electron chi connectivity index (χ0n) is 12.3. The lowest BCUT2D eigenvalue weighted by Gasteiger charge is -2.22. The van der Waals surface area contributed by atoms with E-state index < -0.39 is 0 Å². The number of likely N-dealkylation sites (N-methyl/N-ethyl adjacent to an activating group) is 1. The molecule has 0 amide bonds. The Kier molecular flexibility index (Phi) is 4.51. The highest BCUT2D eigenvalue weighted by Gasteiger charge is 2.18. The van der Waals surface area contributed by atoms with Crippen LogP contribution in [-0.4, -0.2) is 41.5 Å². The molecule has 0 saturated carbocycles. The Bertz CT molecular complexity index is 395. The molecular weight excluding hydrogens is 226 g/mol. The van der Waals surface area contributed by atoms with Gasteiger partial charge in [-0.3, -0.25) is 0 Å². The van der Waals surface area contributed by atoms with Gasteiger partial charge in [0.05, 0.1) is 0 Å². The topological polar surface area (TPSA) is 67.1 Å². The largest absolute Gasteiger partial charge is 0.384 e. The Morgan fingerprint density at radius 1 is 1.33 bits per heavy atom. The lowest BCUT2D eigenvalue weighted by atomic mass is 9.96. The van der Waals surface area contributed by atoms with Gasteiger partial charge < -0.3 is 16.0 Å². The van der Waals surface area contributed by atoms with E-state index in [4.69, 9.17) is 5.73 Å². The van der Waals surface area contributed by atoms with Gasteiger partial charge in [0.15, 0.2) is 0 Å². The fourth-order valence-corrected chi connectivity index (χ4v) is 1.33. The average molecular weight is 251 g/mol. The summed E-state index contributed by atoms with van der Waals surface area (Å²) in [6.07, 6.45) is 0. The molecule has 0 spiro atoms. The number of anilines is 2. The Morgan fingerprint density at radius 3 is 2.44 bits per heavy atom. The maximum absolute atomic E-state index is 5.82. The summed E-state index contributed by atoms with van der Waals surface area (Å²) in [7, 11) is 4.11. The highest BCUT2D eigenvalue weighted by molar-refractivity contribution is 5.45. The summed E-state index contributed by atoms with van der Waals surface area (Å²) in [5.41, 5.74) is 5.72. The Morgan fingerprint density at radius 2 is 1.94 bits per heavy atom. The van der Waals surface area contributed by atoms with Gasteiger partial charge in [0.1, 0.15) is 17.5 Å². The van der Waals surface area contributed by atoms with Crippen LogP contribution in [0.25, 0.3) is 0 Å². The van der Waals surface area contributed by atoms with E-state index in [9.17, 15) is 0 Å². The van der Waals surface area contributed by atoms with E-state index in [1.807, 2.05) is 0 Å². The molecule has 5 heteroatoms. The molecule has 0 aliphatic heterocycles. The lowest BCUT2D eigenvalue weighted by molar-refractivity contribution is 0.326. The quantitative estimate of drug-likeness (QED) is 0.853. The van der Waals surface area contributed by atoms with Crippen molar-refractivity contribution in [2.75, 3.05) is 31.7 Å². The van der Waals surface area contributed by atoms with E-state index in [-0.39, 0.29) is 5.41 Å². The molecule has 3 N–H and O–H groups in total. The third-order valence-electron chi connectivity index (χ3n) is 2.88. The predicted molar refractivity (Wildman–Crippen MR) is 76.8 cm³/mol. The van der Waals surface area contributed by atoms with Crippen molar-refractivity contribution in [1.82, 2.24) is 14.9 Å². The second-order valence-corrected chi connectivity index (χ2v) is 5.95. The van der Waals surface area contributed by atoms with E-state index >= 15 is 0 Å². The van der Waals surface area contributed by atoms with Crippen LogP contribution in [0.5, 0.6) is 0 Å². The molecule has 5 nitrogen and oxygen atoms in total. The summed E-state index contributed by atoms with van der Waals surface area (Å²) < 4.78 is 0. The van der Waals surface area contributed by atoms with Crippen LogP contribution in [0.1, 0.15) is 33.5 Å². The van der Waals surface area contributed by atoms with Gasteiger partial charge in [-0.25, -0.2) is 9.97 Å². The van der Waals surface area contributed by atoms with Crippen LogP contribution in [0, 0.1) is 0 Å². The van der Waals surface area contributed by atoms with Gasteiger partial charge in [-0.2, -0.15) is 0 Å². The molecule has 1 atom stereocenters. The minimum absolute atomic E-state index is 0.0982. The monoisotopic (exact) mass is 251 g/mol. The molecule has 0 radical (unpaired) electrons. The van der Waals surface area contributed by atoms with E-state index in [0.717, 1.165) is 18.2 Å². The van der Waals surface area contributed by atoms with Crippen LogP contribution in [0.3, 0.4) is 0 Å². The van der Waals surface area contributed by atoms with Crippen molar-refractivity contribution in [1.29, 1.82) is 0 Å². The molecule has 0 bridgehead atoms. The van der Waals surface area contributed by atoms with Crippen molar-refractivity contribution in [2.24, 2.45) is 0 Å². The standard InChI is InChI=1S/C13H25N5/c1-9(18(5)6)8-15-11-7-10(14)16-12(17-11)13(2,3)4/h7,9H,8H2,1-6H3,(H3,14,15,16,17). The Labute approximate surface area is 110 Å². The number of nitrogens with zero attached hydrogens (tertiary/aromatic N) is 3. The molecule has 1 rings (SSSR count). The summed E-state index contributed by atoms with van der Waals surface area (Å²) in [6.45, 7) is 9.21. The number of hydrogen-bond donors (Lipinski definition) is 2. The van der Waals surface area contributed by atoms with Crippen LogP contribution < -0.4 is 11.1 Å². The maximum atomic E-state index is 5.82. The number of hydrogen-bond acceptors (Lipinski definition) is 5. The first kappa shape index (κ1) is 14.7. The summed E-state index contributed by atoms with van der Waals surface area (Å²) in [5, 5.41) is 3.31. The fraction of sp³-hybridized carbons (Fsp3) is 0.692.